The molecule has 1 saturated carbocycles. The van der Waals surface area contributed by atoms with Crippen molar-refractivity contribution in [1.82, 2.24) is 10.3 Å². The van der Waals surface area contributed by atoms with Crippen molar-refractivity contribution >= 4 is 23.2 Å². The Balaban J connectivity index is 1.82. The Morgan fingerprint density at radius 2 is 2.10 bits per heavy atom. The molecule has 1 aliphatic rings. The van der Waals surface area contributed by atoms with E-state index >= 15 is 0 Å². The first kappa shape index (κ1) is 14.6. The quantitative estimate of drug-likeness (QED) is 0.873. The van der Waals surface area contributed by atoms with Crippen LogP contribution in [0, 0.1) is 5.82 Å². The van der Waals surface area contributed by atoms with Gasteiger partial charge in [-0.15, -0.1) is 0 Å². The number of rotatable bonds is 5. The average Bonchev–Trinajstić information content (AvgIpc) is 3.26. The zero-order chi connectivity index (χ0) is 14.8. The lowest BCUT2D eigenvalue weighted by Crippen LogP contribution is -2.16. The first-order chi connectivity index (χ1) is 10.1. The van der Waals surface area contributed by atoms with E-state index in [1.54, 1.807) is 18.2 Å². The van der Waals surface area contributed by atoms with E-state index in [2.05, 4.69) is 10.3 Å². The highest BCUT2D eigenvalue weighted by atomic mass is 35.5. The van der Waals surface area contributed by atoms with E-state index in [0.29, 0.717) is 39.8 Å². The molecule has 1 heterocycles. The zero-order valence-corrected chi connectivity index (χ0v) is 12.6. The third-order valence-corrected chi connectivity index (χ3v) is 3.68. The highest BCUT2D eigenvalue weighted by Crippen LogP contribution is 2.32. The van der Waals surface area contributed by atoms with Gasteiger partial charge in [0.1, 0.15) is 11.6 Å². The van der Waals surface area contributed by atoms with Crippen molar-refractivity contribution < 1.29 is 9.13 Å². The highest BCUT2D eigenvalue weighted by Gasteiger charge is 2.21. The summed E-state index contributed by atoms with van der Waals surface area (Å²) in [6.07, 6.45) is 3.43. The van der Waals surface area contributed by atoms with Crippen LogP contribution in [0.4, 0.5) is 4.39 Å². The Morgan fingerprint density at radius 1 is 1.29 bits per heavy atom. The number of aromatic nitrogens is 1. The molecule has 1 aromatic carbocycles. The van der Waals surface area contributed by atoms with Gasteiger partial charge in [0.15, 0.2) is 0 Å². The van der Waals surface area contributed by atoms with Gasteiger partial charge in [-0.3, -0.25) is 0 Å². The number of nitrogens with zero attached hydrogens (tertiary/aromatic N) is 1. The summed E-state index contributed by atoms with van der Waals surface area (Å²) in [6.45, 7) is 0.510. The molecule has 0 spiro atoms. The molecule has 21 heavy (non-hydrogen) atoms. The van der Waals surface area contributed by atoms with E-state index in [-0.39, 0.29) is 0 Å². The number of halogens is 3. The summed E-state index contributed by atoms with van der Waals surface area (Å²) in [7, 11) is 0. The van der Waals surface area contributed by atoms with E-state index in [1.807, 2.05) is 0 Å². The molecule has 1 aliphatic carbocycles. The standard InChI is InChI=1S/C15H13Cl2FN2O/c16-10-1-4-14(13(17)6-10)21-15-9(5-11(18)8-20-15)7-19-12-2-3-12/h1,4-6,8,12,19H,2-3,7H2. The molecule has 1 N–H and O–H groups in total. The molecule has 6 heteroatoms. The van der Waals surface area contributed by atoms with E-state index in [1.165, 1.54) is 6.07 Å². The Morgan fingerprint density at radius 3 is 2.81 bits per heavy atom. The van der Waals surface area contributed by atoms with Crippen LogP contribution in [0.2, 0.25) is 10.0 Å². The van der Waals surface area contributed by atoms with Crippen LogP contribution in [0.15, 0.2) is 30.5 Å². The van der Waals surface area contributed by atoms with Gasteiger partial charge in [0.25, 0.3) is 0 Å². The lowest BCUT2D eigenvalue weighted by molar-refractivity contribution is 0.448. The van der Waals surface area contributed by atoms with Crippen molar-refractivity contribution in [2.45, 2.75) is 25.4 Å². The number of nitrogens with one attached hydrogen (secondary N) is 1. The van der Waals surface area contributed by atoms with Gasteiger partial charge in [0.2, 0.25) is 5.88 Å². The summed E-state index contributed by atoms with van der Waals surface area (Å²) in [6, 6.07) is 6.86. The zero-order valence-electron chi connectivity index (χ0n) is 11.1. The Kier molecular flexibility index (Phi) is 4.29. The molecule has 1 aromatic heterocycles. The minimum atomic E-state index is -0.392. The van der Waals surface area contributed by atoms with Crippen molar-refractivity contribution in [3.05, 3.63) is 51.9 Å². The third-order valence-electron chi connectivity index (χ3n) is 3.15. The third kappa shape index (κ3) is 3.84. The molecule has 0 aliphatic heterocycles. The average molecular weight is 327 g/mol. The van der Waals surface area contributed by atoms with E-state index in [0.717, 1.165) is 19.0 Å². The molecule has 0 bridgehead atoms. The lowest BCUT2D eigenvalue weighted by atomic mass is 10.2. The molecule has 2 aromatic rings. The highest BCUT2D eigenvalue weighted by molar-refractivity contribution is 6.35. The molecule has 0 atom stereocenters. The van der Waals surface area contributed by atoms with Gasteiger partial charge in [-0.05, 0) is 37.1 Å². The van der Waals surface area contributed by atoms with Crippen LogP contribution >= 0.6 is 23.2 Å². The second-order valence-corrected chi connectivity index (χ2v) is 5.79. The molecular formula is C15H13Cl2FN2O. The van der Waals surface area contributed by atoms with E-state index in [9.17, 15) is 4.39 Å². The fourth-order valence-electron chi connectivity index (χ4n) is 1.89. The number of pyridine rings is 1. The van der Waals surface area contributed by atoms with Gasteiger partial charge in [-0.2, -0.15) is 0 Å². The van der Waals surface area contributed by atoms with E-state index < -0.39 is 5.82 Å². The second-order valence-electron chi connectivity index (χ2n) is 4.95. The van der Waals surface area contributed by atoms with Crippen molar-refractivity contribution in [1.29, 1.82) is 0 Å². The van der Waals surface area contributed by atoms with Gasteiger partial charge in [0, 0.05) is 23.2 Å². The first-order valence-corrected chi connectivity index (χ1v) is 7.38. The molecule has 0 unspecified atom stereocenters. The van der Waals surface area contributed by atoms with Crippen LogP contribution in [-0.2, 0) is 6.54 Å². The molecule has 0 radical (unpaired) electrons. The molecule has 3 rings (SSSR count). The largest absolute Gasteiger partial charge is 0.437 e. The van der Waals surface area contributed by atoms with Crippen molar-refractivity contribution in [2.24, 2.45) is 0 Å². The van der Waals surface area contributed by atoms with Crippen LogP contribution in [0.1, 0.15) is 18.4 Å². The number of hydrogen-bond donors (Lipinski definition) is 1. The molecule has 1 fully saturated rings. The monoisotopic (exact) mass is 326 g/mol. The lowest BCUT2D eigenvalue weighted by Gasteiger charge is -2.12. The predicted octanol–water partition coefficient (Wildman–Crippen LogP) is 4.57. The fourth-order valence-corrected chi connectivity index (χ4v) is 2.34. The van der Waals surface area contributed by atoms with Crippen LogP contribution in [0.25, 0.3) is 0 Å². The summed E-state index contributed by atoms with van der Waals surface area (Å²) in [5, 5.41) is 4.22. The van der Waals surface area contributed by atoms with Gasteiger partial charge in [-0.1, -0.05) is 23.2 Å². The number of benzene rings is 1. The second kappa shape index (κ2) is 6.18. The summed E-state index contributed by atoms with van der Waals surface area (Å²) in [5.41, 5.74) is 0.660. The molecular weight excluding hydrogens is 314 g/mol. The SMILES string of the molecule is Fc1cnc(Oc2ccc(Cl)cc2Cl)c(CNC2CC2)c1. The van der Waals surface area contributed by atoms with Gasteiger partial charge in [-0.25, -0.2) is 9.37 Å². The molecule has 0 saturated heterocycles. The molecule has 0 amide bonds. The van der Waals surface area contributed by atoms with Crippen molar-refractivity contribution in [3.63, 3.8) is 0 Å². The predicted molar refractivity (Wildman–Crippen MR) is 80.6 cm³/mol. The van der Waals surface area contributed by atoms with Crippen LogP contribution in [-0.4, -0.2) is 11.0 Å². The minimum absolute atomic E-state index is 0.341. The maximum absolute atomic E-state index is 13.4. The van der Waals surface area contributed by atoms with Crippen molar-refractivity contribution in [3.8, 4) is 11.6 Å². The Labute approximate surface area is 132 Å². The normalized spacial score (nSPS) is 14.2. The van der Waals surface area contributed by atoms with Gasteiger partial charge >= 0.3 is 0 Å². The van der Waals surface area contributed by atoms with Gasteiger partial charge in [0.05, 0.1) is 11.2 Å². The van der Waals surface area contributed by atoms with Crippen LogP contribution < -0.4 is 10.1 Å². The fraction of sp³-hybridized carbons (Fsp3) is 0.267. The van der Waals surface area contributed by atoms with Gasteiger partial charge < -0.3 is 10.1 Å². The summed E-state index contributed by atoms with van der Waals surface area (Å²) < 4.78 is 19.1. The summed E-state index contributed by atoms with van der Waals surface area (Å²) >= 11 is 11.9. The van der Waals surface area contributed by atoms with Crippen LogP contribution in [0.5, 0.6) is 11.6 Å². The molecule has 3 nitrogen and oxygen atoms in total. The first-order valence-electron chi connectivity index (χ1n) is 6.62. The summed E-state index contributed by atoms with van der Waals surface area (Å²) in [5.74, 6) is 0.388. The smallest absolute Gasteiger partial charge is 0.223 e. The topological polar surface area (TPSA) is 34.1 Å². The summed E-state index contributed by atoms with van der Waals surface area (Å²) in [4.78, 5) is 4.01. The minimum Gasteiger partial charge on any atom is -0.437 e. The maximum Gasteiger partial charge on any atom is 0.223 e. The van der Waals surface area contributed by atoms with Crippen LogP contribution in [0.3, 0.4) is 0 Å². The molecule has 110 valence electrons. The van der Waals surface area contributed by atoms with Crippen molar-refractivity contribution in [2.75, 3.05) is 0 Å². The van der Waals surface area contributed by atoms with E-state index in [4.69, 9.17) is 27.9 Å². The Hall–Kier alpha value is -1.36. The maximum atomic E-state index is 13.4. The number of ether oxygens (including phenoxy) is 1. The Bertz CT molecular complexity index is 662. The number of hydrogen-bond acceptors (Lipinski definition) is 3.